The molecule has 3 N–H and O–H groups in total. The number of rotatable bonds is 3. The van der Waals surface area contributed by atoms with Crippen LogP contribution in [0.1, 0.15) is 11.4 Å². The predicted molar refractivity (Wildman–Crippen MR) is 48.4 cm³/mol. The first-order valence-electron chi connectivity index (χ1n) is 3.76. The first-order valence-corrected chi connectivity index (χ1v) is 3.76. The fraction of sp³-hybridized carbons (Fsp3) is 0.111. The molecule has 0 radical (unpaired) electrons. The molecule has 1 aromatic heterocycles. The van der Waals surface area contributed by atoms with Crippen molar-refractivity contribution in [1.29, 1.82) is 0 Å². The summed E-state index contributed by atoms with van der Waals surface area (Å²) in [6, 6.07) is 5.17. The van der Waals surface area contributed by atoms with Crippen molar-refractivity contribution in [2.75, 3.05) is 0 Å². The number of hydrogen-bond acceptors (Lipinski definition) is 3. The van der Waals surface area contributed by atoms with Crippen molar-refractivity contribution in [3.63, 3.8) is 0 Å². The third kappa shape index (κ3) is 3.04. The summed E-state index contributed by atoms with van der Waals surface area (Å²) in [7, 11) is 0. The molecule has 0 spiro atoms. The molecule has 0 aliphatic heterocycles. The van der Waals surface area contributed by atoms with Crippen molar-refractivity contribution in [3.8, 4) is 0 Å². The molecule has 0 bridgehead atoms. The summed E-state index contributed by atoms with van der Waals surface area (Å²) >= 11 is 0. The summed E-state index contributed by atoms with van der Waals surface area (Å²) in [6.07, 6.45) is 2.73. The Bertz CT molecular complexity index is 334. The van der Waals surface area contributed by atoms with Gasteiger partial charge in [-0.25, -0.2) is 0 Å². The molecule has 0 aromatic carbocycles. The molecular formula is C9H10N2O2. The number of pyridine rings is 1. The van der Waals surface area contributed by atoms with E-state index in [9.17, 15) is 4.79 Å². The Morgan fingerprint density at radius 1 is 1.62 bits per heavy atom. The number of amides is 1. The Morgan fingerprint density at radius 3 is 3.00 bits per heavy atom. The van der Waals surface area contributed by atoms with Crippen LogP contribution in [0.2, 0.25) is 0 Å². The van der Waals surface area contributed by atoms with E-state index in [1.54, 1.807) is 18.2 Å². The number of aliphatic hydroxyl groups excluding tert-OH is 1. The zero-order valence-electron chi connectivity index (χ0n) is 6.97. The molecule has 0 saturated heterocycles. The van der Waals surface area contributed by atoms with Crippen LogP contribution in [0, 0.1) is 0 Å². The van der Waals surface area contributed by atoms with Gasteiger partial charge in [0.1, 0.15) is 0 Å². The second-order valence-electron chi connectivity index (χ2n) is 2.45. The molecule has 0 saturated carbocycles. The Hall–Kier alpha value is -1.68. The van der Waals surface area contributed by atoms with Crippen LogP contribution in [0.5, 0.6) is 0 Å². The van der Waals surface area contributed by atoms with Crippen molar-refractivity contribution >= 4 is 12.0 Å². The monoisotopic (exact) mass is 178 g/mol. The van der Waals surface area contributed by atoms with Gasteiger partial charge in [-0.1, -0.05) is 6.07 Å². The summed E-state index contributed by atoms with van der Waals surface area (Å²) in [6.45, 7) is -0.113. The van der Waals surface area contributed by atoms with E-state index in [0.717, 1.165) is 0 Å². The fourth-order valence-electron chi connectivity index (χ4n) is 0.847. The van der Waals surface area contributed by atoms with E-state index in [0.29, 0.717) is 11.4 Å². The minimum Gasteiger partial charge on any atom is -0.390 e. The number of nitrogens with zero attached hydrogens (tertiary/aromatic N) is 1. The van der Waals surface area contributed by atoms with Gasteiger partial charge in [-0.15, -0.1) is 0 Å². The molecule has 4 heteroatoms. The first-order chi connectivity index (χ1) is 6.22. The van der Waals surface area contributed by atoms with Crippen molar-refractivity contribution in [2.45, 2.75) is 6.61 Å². The van der Waals surface area contributed by atoms with Crippen LogP contribution >= 0.6 is 0 Å². The summed E-state index contributed by atoms with van der Waals surface area (Å²) in [5, 5.41) is 8.76. The smallest absolute Gasteiger partial charge is 0.241 e. The third-order valence-corrected chi connectivity index (χ3v) is 1.41. The van der Waals surface area contributed by atoms with Crippen LogP contribution in [0.25, 0.3) is 6.08 Å². The van der Waals surface area contributed by atoms with Gasteiger partial charge in [-0.2, -0.15) is 0 Å². The zero-order valence-corrected chi connectivity index (χ0v) is 6.97. The van der Waals surface area contributed by atoms with Crippen molar-refractivity contribution in [2.24, 2.45) is 5.73 Å². The van der Waals surface area contributed by atoms with Gasteiger partial charge in [0.15, 0.2) is 0 Å². The Morgan fingerprint density at radius 2 is 2.38 bits per heavy atom. The minimum absolute atomic E-state index is 0.113. The number of hydrogen-bond donors (Lipinski definition) is 2. The highest BCUT2D eigenvalue weighted by molar-refractivity contribution is 5.89. The van der Waals surface area contributed by atoms with Gasteiger partial charge in [0.05, 0.1) is 18.0 Å². The van der Waals surface area contributed by atoms with E-state index in [1.807, 2.05) is 0 Å². The Labute approximate surface area is 75.7 Å². The van der Waals surface area contributed by atoms with Gasteiger partial charge in [0.25, 0.3) is 0 Å². The van der Waals surface area contributed by atoms with Crippen molar-refractivity contribution in [3.05, 3.63) is 35.7 Å². The number of carbonyl (C=O) groups excluding carboxylic acids is 1. The van der Waals surface area contributed by atoms with Crippen molar-refractivity contribution < 1.29 is 9.90 Å². The SMILES string of the molecule is NC(=O)C=Cc1cccc(CO)n1. The van der Waals surface area contributed by atoms with Crippen LogP contribution < -0.4 is 5.73 Å². The van der Waals surface area contributed by atoms with Gasteiger partial charge >= 0.3 is 0 Å². The lowest BCUT2D eigenvalue weighted by Crippen LogP contribution is -2.05. The maximum Gasteiger partial charge on any atom is 0.241 e. The van der Waals surface area contributed by atoms with Crippen LogP contribution in [-0.2, 0) is 11.4 Å². The van der Waals surface area contributed by atoms with E-state index in [2.05, 4.69) is 4.98 Å². The number of aliphatic hydroxyl groups is 1. The van der Waals surface area contributed by atoms with Crippen LogP contribution in [0.4, 0.5) is 0 Å². The molecule has 0 atom stereocenters. The van der Waals surface area contributed by atoms with E-state index < -0.39 is 5.91 Å². The van der Waals surface area contributed by atoms with Crippen LogP contribution in [-0.4, -0.2) is 16.0 Å². The van der Waals surface area contributed by atoms with Gasteiger partial charge < -0.3 is 10.8 Å². The number of primary amides is 1. The highest BCUT2D eigenvalue weighted by atomic mass is 16.3. The summed E-state index contributed by atoms with van der Waals surface area (Å²) in [5.41, 5.74) is 6.07. The molecule has 1 amide bonds. The molecule has 1 rings (SSSR count). The molecule has 4 nitrogen and oxygen atoms in total. The number of aromatic nitrogens is 1. The van der Waals surface area contributed by atoms with Crippen LogP contribution in [0.15, 0.2) is 24.3 Å². The van der Waals surface area contributed by atoms with Crippen LogP contribution in [0.3, 0.4) is 0 Å². The first kappa shape index (κ1) is 9.41. The molecule has 68 valence electrons. The molecular weight excluding hydrogens is 168 g/mol. The predicted octanol–water partition coefficient (Wildman–Crippen LogP) is 0.0724. The van der Waals surface area contributed by atoms with Gasteiger partial charge in [0.2, 0.25) is 5.91 Å². The quantitative estimate of drug-likeness (QED) is 0.643. The molecule has 0 aliphatic rings. The van der Waals surface area contributed by atoms with Gasteiger partial charge in [-0.05, 0) is 18.2 Å². The van der Waals surface area contributed by atoms with E-state index >= 15 is 0 Å². The molecule has 1 heterocycles. The second kappa shape index (κ2) is 4.37. The summed E-state index contributed by atoms with van der Waals surface area (Å²) < 4.78 is 0. The topological polar surface area (TPSA) is 76.2 Å². The average Bonchev–Trinajstić information content (AvgIpc) is 2.15. The van der Waals surface area contributed by atoms with Crippen molar-refractivity contribution in [1.82, 2.24) is 4.98 Å². The molecule has 0 fully saturated rings. The minimum atomic E-state index is -0.517. The largest absolute Gasteiger partial charge is 0.390 e. The number of carbonyl (C=O) groups is 1. The number of nitrogens with two attached hydrogens (primary N) is 1. The van der Waals surface area contributed by atoms with Gasteiger partial charge in [0, 0.05) is 6.08 Å². The fourth-order valence-corrected chi connectivity index (χ4v) is 0.847. The summed E-state index contributed by atoms with van der Waals surface area (Å²) in [4.78, 5) is 14.4. The maximum absolute atomic E-state index is 10.4. The average molecular weight is 178 g/mol. The molecule has 1 aromatic rings. The van der Waals surface area contributed by atoms with E-state index in [1.165, 1.54) is 12.2 Å². The lowest BCUT2D eigenvalue weighted by molar-refractivity contribution is -0.113. The zero-order chi connectivity index (χ0) is 9.68. The standard InChI is InChI=1S/C9H10N2O2/c10-9(13)5-4-7-2-1-3-8(6-12)11-7/h1-5,12H,6H2,(H2,10,13). The molecule has 13 heavy (non-hydrogen) atoms. The van der Waals surface area contributed by atoms with Gasteiger partial charge in [-0.3, -0.25) is 9.78 Å². The van der Waals surface area contributed by atoms with E-state index in [4.69, 9.17) is 10.8 Å². The maximum atomic E-state index is 10.4. The lowest BCUT2D eigenvalue weighted by Gasteiger charge is -1.95. The lowest BCUT2D eigenvalue weighted by atomic mass is 10.3. The normalized spacial score (nSPS) is 10.5. The summed E-state index contributed by atoms with van der Waals surface area (Å²) in [5.74, 6) is -0.517. The second-order valence-corrected chi connectivity index (χ2v) is 2.45. The highest BCUT2D eigenvalue weighted by Crippen LogP contribution is 2.00. The highest BCUT2D eigenvalue weighted by Gasteiger charge is 1.92. The Kier molecular flexibility index (Phi) is 3.16. The third-order valence-electron chi connectivity index (χ3n) is 1.41. The van der Waals surface area contributed by atoms with E-state index in [-0.39, 0.29) is 6.61 Å². The molecule has 0 aliphatic carbocycles. The molecule has 0 unspecified atom stereocenters. The Balaban J connectivity index is 2.83.